The lowest BCUT2D eigenvalue weighted by Crippen LogP contribution is -2.32. The molecule has 1 heterocycles. The molecule has 3 nitrogen and oxygen atoms in total. The summed E-state index contributed by atoms with van der Waals surface area (Å²) < 4.78 is 13.8. The summed E-state index contributed by atoms with van der Waals surface area (Å²) in [6, 6.07) is 12.4. The predicted molar refractivity (Wildman–Crippen MR) is 102 cm³/mol. The van der Waals surface area contributed by atoms with Crippen LogP contribution in [0, 0.1) is 17.1 Å². The fourth-order valence-electron chi connectivity index (χ4n) is 2.87. The van der Waals surface area contributed by atoms with Crippen LogP contribution >= 0.6 is 35.6 Å². The zero-order valence-electron chi connectivity index (χ0n) is 13.3. The van der Waals surface area contributed by atoms with E-state index in [4.69, 9.17) is 28.5 Å². The molecule has 0 spiro atoms. The molecule has 1 saturated heterocycles. The van der Waals surface area contributed by atoms with Crippen molar-refractivity contribution in [1.29, 1.82) is 5.26 Å². The van der Waals surface area contributed by atoms with E-state index in [1.165, 1.54) is 12.1 Å². The van der Waals surface area contributed by atoms with Crippen LogP contribution < -0.4 is 10.2 Å². The average Bonchev–Trinajstić information content (AvgIpc) is 3.03. The molecule has 0 amide bonds. The monoisotopic (exact) mass is 399 g/mol. The van der Waals surface area contributed by atoms with Crippen molar-refractivity contribution in [2.75, 3.05) is 18.0 Å². The van der Waals surface area contributed by atoms with E-state index < -0.39 is 5.82 Å². The molecule has 1 N–H and O–H groups in total. The third kappa shape index (κ3) is 4.77. The molecule has 7 heteroatoms. The number of anilines is 1. The van der Waals surface area contributed by atoms with Gasteiger partial charge in [0.1, 0.15) is 11.9 Å². The summed E-state index contributed by atoms with van der Waals surface area (Å²) in [6.45, 7) is 2.30. The molecule has 25 heavy (non-hydrogen) atoms. The van der Waals surface area contributed by atoms with E-state index in [0.717, 1.165) is 30.8 Å². The van der Waals surface area contributed by atoms with Gasteiger partial charge in [0.05, 0.1) is 5.56 Å². The summed E-state index contributed by atoms with van der Waals surface area (Å²) >= 11 is 12.1. The predicted octanol–water partition coefficient (Wildman–Crippen LogP) is 4.79. The lowest BCUT2D eigenvalue weighted by atomic mass is 10.2. The number of benzene rings is 2. The lowest BCUT2D eigenvalue weighted by molar-refractivity contribution is 0.551. The molecule has 0 radical (unpaired) electrons. The second kappa shape index (κ2) is 8.73. The molecule has 0 bridgehead atoms. The minimum Gasteiger partial charge on any atom is -0.370 e. The Morgan fingerprint density at radius 2 is 2.04 bits per heavy atom. The van der Waals surface area contributed by atoms with E-state index in [1.807, 2.05) is 18.2 Å². The smallest absolute Gasteiger partial charge is 0.143 e. The van der Waals surface area contributed by atoms with Gasteiger partial charge >= 0.3 is 0 Å². The molecule has 1 atom stereocenters. The maximum Gasteiger partial charge on any atom is 0.143 e. The molecular weight excluding hydrogens is 384 g/mol. The van der Waals surface area contributed by atoms with Gasteiger partial charge in [0.25, 0.3) is 0 Å². The van der Waals surface area contributed by atoms with Crippen molar-refractivity contribution in [2.45, 2.75) is 19.0 Å². The molecular formula is C18H17Cl3FN3. The molecule has 0 aliphatic carbocycles. The van der Waals surface area contributed by atoms with Crippen LogP contribution in [0.4, 0.5) is 10.1 Å². The van der Waals surface area contributed by atoms with Gasteiger partial charge in [0.15, 0.2) is 0 Å². The summed E-state index contributed by atoms with van der Waals surface area (Å²) in [5.74, 6) is -0.473. The summed E-state index contributed by atoms with van der Waals surface area (Å²) in [7, 11) is 0. The van der Waals surface area contributed by atoms with Gasteiger partial charge in [-0.2, -0.15) is 5.26 Å². The van der Waals surface area contributed by atoms with Crippen molar-refractivity contribution >= 4 is 41.3 Å². The minimum absolute atomic E-state index is 0. The Bertz CT molecular complexity index is 792. The van der Waals surface area contributed by atoms with Crippen LogP contribution in [0.1, 0.15) is 17.5 Å². The van der Waals surface area contributed by atoms with Crippen molar-refractivity contribution in [3.8, 4) is 6.07 Å². The number of nitrogens with zero attached hydrogens (tertiary/aromatic N) is 2. The largest absolute Gasteiger partial charge is 0.370 e. The first-order valence-electron chi connectivity index (χ1n) is 7.68. The number of nitrogens with one attached hydrogen (secondary N) is 1. The van der Waals surface area contributed by atoms with E-state index in [-0.39, 0.29) is 18.0 Å². The average molecular weight is 401 g/mol. The first-order chi connectivity index (χ1) is 11.6. The standard InChI is InChI=1S/C18H16Cl2FN3.ClH/c19-14-3-1-13(17(20)7-14)10-23-15-5-6-24(11-15)16-4-2-12(9-22)18(21)8-16;/h1-4,7-8,15,23H,5-6,10-11H2;1H/t15-;/m0./s1. The summed E-state index contributed by atoms with van der Waals surface area (Å²) in [5.41, 5.74) is 1.88. The number of rotatable bonds is 4. The Balaban J connectivity index is 0.00000225. The van der Waals surface area contributed by atoms with E-state index in [9.17, 15) is 4.39 Å². The van der Waals surface area contributed by atoms with Gasteiger partial charge in [-0.05, 0) is 42.3 Å². The quantitative estimate of drug-likeness (QED) is 0.801. The van der Waals surface area contributed by atoms with Crippen molar-refractivity contribution in [3.63, 3.8) is 0 Å². The van der Waals surface area contributed by atoms with Gasteiger partial charge in [0, 0.05) is 41.4 Å². The van der Waals surface area contributed by atoms with E-state index >= 15 is 0 Å². The highest BCUT2D eigenvalue weighted by Gasteiger charge is 2.23. The highest BCUT2D eigenvalue weighted by molar-refractivity contribution is 6.35. The topological polar surface area (TPSA) is 39.1 Å². The van der Waals surface area contributed by atoms with Crippen molar-refractivity contribution in [2.24, 2.45) is 0 Å². The first-order valence-corrected chi connectivity index (χ1v) is 8.44. The normalized spacial score (nSPS) is 16.4. The number of hydrogen-bond donors (Lipinski definition) is 1. The van der Waals surface area contributed by atoms with Crippen molar-refractivity contribution in [1.82, 2.24) is 5.32 Å². The molecule has 0 unspecified atom stereocenters. The molecule has 2 aromatic rings. The van der Waals surface area contributed by atoms with Crippen LogP contribution in [0.25, 0.3) is 0 Å². The molecule has 1 fully saturated rings. The highest BCUT2D eigenvalue weighted by Crippen LogP contribution is 2.24. The zero-order valence-corrected chi connectivity index (χ0v) is 15.6. The summed E-state index contributed by atoms with van der Waals surface area (Å²) in [6.07, 6.45) is 0.965. The minimum atomic E-state index is -0.473. The van der Waals surface area contributed by atoms with E-state index in [0.29, 0.717) is 22.6 Å². The maximum absolute atomic E-state index is 13.8. The Hall–Kier alpha value is -1.51. The second-order valence-corrected chi connectivity index (χ2v) is 6.67. The molecule has 3 rings (SSSR count). The highest BCUT2D eigenvalue weighted by atomic mass is 35.5. The van der Waals surface area contributed by atoms with Crippen LogP contribution in [0.5, 0.6) is 0 Å². The van der Waals surface area contributed by atoms with Gasteiger partial charge in [-0.3, -0.25) is 0 Å². The van der Waals surface area contributed by atoms with Crippen LogP contribution in [0.3, 0.4) is 0 Å². The molecule has 0 saturated carbocycles. The summed E-state index contributed by atoms with van der Waals surface area (Å²) in [4.78, 5) is 2.12. The Morgan fingerprint density at radius 3 is 2.72 bits per heavy atom. The SMILES string of the molecule is Cl.N#Cc1ccc(N2CC[C@H](NCc3ccc(Cl)cc3Cl)C2)cc1F. The van der Waals surface area contributed by atoms with Gasteiger partial charge in [-0.15, -0.1) is 12.4 Å². The van der Waals surface area contributed by atoms with E-state index in [1.54, 1.807) is 12.1 Å². The molecule has 132 valence electrons. The van der Waals surface area contributed by atoms with Crippen molar-refractivity contribution < 1.29 is 4.39 Å². The van der Waals surface area contributed by atoms with E-state index in [2.05, 4.69) is 10.2 Å². The van der Waals surface area contributed by atoms with Crippen LogP contribution in [-0.4, -0.2) is 19.1 Å². The van der Waals surface area contributed by atoms with Gasteiger partial charge in [0.2, 0.25) is 0 Å². The van der Waals surface area contributed by atoms with Crippen LogP contribution in [0.2, 0.25) is 10.0 Å². The van der Waals surface area contributed by atoms with Crippen LogP contribution in [0.15, 0.2) is 36.4 Å². The van der Waals surface area contributed by atoms with Gasteiger partial charge < -0.3 is 10.2 Å². The summed E-state index contributed by atoms with van der Waals surface area (Å²) in [5, 5.41) is 13.6. The van der Waals surface area contributed by atoms with Crippen molar-refractivity contribution in [3.05, 3.63) is 63.4 Å². The first kappa shape index (κ1) is 19.8. The Kier molecular flexibility index (Phi) is 6.92. The fraction of sp³-hybridized carbons (Fsp3) is 0.278. The number of halogens is 4. The Morgan fingerprint density at radius 1 is 1.24 bits per heavy atom. The molecule has 1 aliphatic heterocycles. The second-order valence-electron chi connectivity index (χ2n) is 5.82. The zero-order chi connectivity index (χ0) is 17.1. The lowest BCUT2D eigenvalue weighted by Gasteiger charge is -2.19. The third-order valence-electron chi connectivity index (χ3n) is 4.22. The molecule has 0 aromatic heterocycles. The van der Waals surface area contributed by atoms with Gasteiger partial charge in [-0.1, -0.05) is 29.3 Å². The number of hydrogen-bond acceptors (Lipinski definition) is 3. The maximum atomic E-state index is 13.8. The van der Waals surface area contributed by atoms with Gasteiger partial charge in [-0.25, -0.2) is 4.39 Å². The Labute approximate surface area is 162 Å². The molecule has 1 aliphatic rings. The number of nitriles is 1. The fourth-order valence-corrected chi connectivity index (χ4v) is 3.35. The van der Waals surface area contributed by atoms with Crippen LogP contribution in [-0.2, 0) is 6.54 Å². The third-order valence-corrected chi connectivity index (χ3v) is 4.81. The molecule has 2 aromatic carbocycles.